The normalized spacial score (nSPS) is 18.1. The Morgan fingerprint density at radius 1 is 1.42 bits per heavy atom. The molecule has 1 aliphatic rings. The first-order valence-corrected chi connectivity index (χ1v) is 6.71. The van der Waals surface area contributed by atoms with E-state index in [1.54, 1.807) is 23.1 Å². The molecule has 0 saturated carbocycles. The molecule has 1 aromatic carbocycles. The first kappa shape index (κ1) is 13.8. The van der Waals surface area contributed by atoms with E-state index < -0.39 is 0 Å². The van der Waals surface area contributed by atoms with Crippen molar-refractivity contribution in [2.75, 3.05) is 13.1 Å². The topological polar surface area (TPSA) is 66.6 Å². The number of carbonyl (C=O) groups is 1. The van der Waals surface area contributed by atoms with Gasteiger partial charge in [-0.1, -0.05) is 25.2 Å². The molecule has 1 aliphatic heterocycles. The highest BCUT2D eigenvalue weighted by molar-refractivity contribution is 7.80. The van der Waals surface area contributed by atoms with E-state index in [2.05, 4.69) is 0 Å². The summed E-state index contributed by atoms with van der Waals surface area (Å²) in [7, 11) is 0. The minimum absolute atomic E-state index is 0.0547. The number of thiocarbonyl (C=S) groups is 1. The van der Waals surface area contributed by atoms with Gasteiger partial charge < -0.3 is 15.7 Å². The molecule has 1 amide bonds. The zero-order valence-electron chi connectivity index (χ0n) is 10.9. The maximum Gasteiger partial charge on any atom is 0.253 e. The Labute approximate surface area is 118 Å². The lowest BCUT2D eigenvalue weighted by Crippen LogP contribution is -2.46. The van der Waals surface area contributed by atoms with Crippen molar-refractivity contribution in [3.8, 4) is 5.75 Å². The summed E-state index contributed by atoms with van der Waals surface area (Å²) in [5.41, 5.74) is 6.11. The molecule has 1 aromatic rings. The first-order valence-electron chi connectivity index (χ1n) is 6.31. The number of nitrogens with zero attached hydrogens (tertiary/aromatic N) is 1. The Kier molecular flexibility index (Phi) is 3.75. The zero-order valence-corrected chi connectivity index (χ0v) is 11.7. The van der Waals surface area contributed by atoms with E-state index in [9.17, 15) is 9.90 Å². The second-order valence-corrected chi connectivity index (χ2v) is 5.71. The number of hydrogen-bond acceptors (Lipinski definition) is 3. The fourth-order valence-electron chi connectivity index (χ4n) is 2.27. The molecule has 0 spiro atoms. The third kappa shape index (κ3) is 2.87. The highest BCUT2D eigenvalue weighted by Gasteiger charge is 2.34. The molecular weight excluding hydrogens is 260 g/mol. The zero-order chi connectivity index (χ0) is 14.0. The predicted molar refractivity (Wildman–Crippen MR) is 78.1 cm³/mol. The average molecular weight is 278 g/mol. The van der Waals surface area contributed by atoms with Crippen LogP contribution in [0.2, 0.25) is 0 Å². The summed E-state index contributed by atoms with van der Waals surface area (Å²) >= 11 is 5.09. The summed E-state index contributed by atoms with van der Waals surface area (Å²) in [4.78, 5) is 14.6. The Balaban J connectivity index is 2.06. The van der Waals surface area contributed by atoms with Crippen molar-refractivity contribution in [2.24, 2.45) is 11.1 Å². The second-order valence-electron chi connectivity index (χ2n) is 5.27. The van der Waals surface area contributed by atoms with Crippen LogP contribution in [-0.2, 0) is 0 Å². The van der Waals surface area contributed by atoms with E-state index in [0.29, 0.717) is 23.6 Å². The smallest absolute Gasteiger partial charge is 0.253 e. The molecule has 0 radical (unpaired) electrons. The number of phenols is 1. The number of rotatable bonds is 2. The molecule has 0 unspecified atom stereocenters. The van der Waals surface area contributed by atoms with Gasteiger partial charge in [-0.3, -0.25) is 4.79 Å². The van der Waals surface area contributed by atoms with Gasteiger partial charge in [0, 0.05) is 24.1 Å². The molecule has 2 rings (SSSR count). The molecule has 1 saturated heterocycles. The molecule has 0 aliphatic carbocycles. The molecule has 1 heterocycles. The lowest BCUT2D eigenvalue weighted by molar-refractivity contribution is 0.0670. The van der Waals surface area contributed by atoms with Crippen LogP contribution in [0, 0.1) is 5.41 Å². The third-order valence-corrected chi connectivity index (χ3v) is 4.33. The molecule has 0 bridgehead atoms. The van der Waals surface area contributed by atoms with Gasteiger partial charge in [0.2, 0.25) is 0 Å². The quantitative estimate of drug-likeness (QED) is 0.811. The lowest BCUT2D eigenvalue weighted by Gasteiger charge is -2.38. The predicted octanol–water partition coefficient (Wildman–Crippen LogP) is 1.92. The van der Waals surface area contributed by atoms with Crippen molar-refractivity contribution >= 4 is 23.1 Å². The van der Waals surface area contributed by atoms with E-state index >= 15 is 0 Å². The minimum Gasteiger partial charge on any atom is -0.508 e. The molecule has 0 atom stereocenters. The van der Waals surface area contributed by atoms with E-state index in [0.717, 1.165) is 12.8 Å². The van der Waals surface area contributed by atoms with E-state index in [-0.39, 0.29) is 17.1 Å². The number of phenolic OH excluding ortho intramolecular Hbond substituents is 1. The number of likely N-dealkylation sites (tertiary alicyclic amines) is 1. The largest absolute Gasteiger partial charge is 0.508 e. The summed E-state index contributed by atoms with van der Waals surface area (Å²) < 4.78 is 0. The molecular formula is C14H18N2O2S. The van der Waals surface area contributed by atoms with Gasteiger partial charge in [-0.05, 0) is 31.0 Å². The summed E-state index contributed by atoms with van der Waals surface area (Å²) in [6, 6.07) is 6.43. The molecule has 3 N–H and O–H groups in total. The van der Waals surface area contributed by atoms with Gasteiger partial charge in [0.15, 0.2) is 0 Å². The third-order valence-electron chi connectivity index (χ3n) is 3.84. The monoisotopic (exact) mass is 278 g/mol. The molecule has 5 heteroatoms. The molecule has 0 aromatic heterocycles. The fraction of sp³-hybridized carbons (Fsp3) is 0.429. The van der Waals surface area contributed by atoms with Gasteiger partial charge >= 0.3 is 0 Å². The van der Waals surface area contributed by atoms with Gasteiger partial charge in [0.25, 0.3) is 5.91 Å². The van der Waals surface area contributed by atoms with Crippen LogP contribution in [-0.4, -0.2) is 34.0 Å². The second kappa shape index (κ2) is 5.17. The number of piperidine rings is 1. The van der Waals surface area contributed by atoms with Crippen molar-refractivity contribution < 1.29 is 9.90 Å². The highest BCUT2D eigenvalue weighted by atomic mass is 32.1. The van der Waals surface area contributed by atoms with Crippen LogP contribution in [0.3, 0.4) is 0 Å². The van der Waals surface area contributed by atoms with Crippen LogP contribution < -0.4 is 5.73 Å². The maximum absolute atomic E-state index is 12.3. The van der Waals surface area contributed by atoms with Crippen LogP contribution in [0.5, 0.6) is 5.75 Å². The fourth-order valence-corrected chi connectivity index (χ4v) is 2.48. The van der Waals surface area contributed by atoms with Crippen molar-refractivity contribution in [1.29, 1.82) is 0 Å². The number of carbonyl (C=O) groups excluding carboxylic acids is 1. The first-order chi connectivity index (χ1) is 8.92. The Bertz CT molecular complexity index is 508. The lowest BCUT2D eigenvalue weighted by atomic mass is 9.80. The summed E-state index contributed by atoms with van der Waals surface area (Å²) in [6.07, 6.45) is 1.57. The van der Waals surface area contributed by atoms with Crippen LogP contribution in [0.15, 0.2) is 24.3 Å². The van der Waals surface area contributed by atoms with Gasteiger partial charge in [0.05, 0.1) is 4.99 Å². The Morgan fingerprint density at radius 2 is 2.05 bits per heavy atom. The number of aromatic hydroxyl groups is 1. The standard InChI is InChI=1S/C14H18N2O2S/c1-14(13(15)19)5-7-16(8-6-14)12(18)10-3-2-4-11(17)9-10/h2-4,9,17H,5-8H2,1H3,(H2,15,19). The molecule has 1 fully saturated rings. The van der Waals surface area contributed by atoms with E-state index in [1.165, 1.54) is 6.07 Å². The van der Waals surface area contributed by atoms with Crippen LogP contribution in [0.4, 0.5) is 0 Å². The van der Waals surface area contributed by atoms with Crippen LogP contribution in [0.1, 0.15) is 30.1 Å². The van der Waals surface area contributed by atoms with Crippen molar-refractivity contribution in [1.82, 2.24) is 4.90 Å². The summed E-state index contributed by atoms with van der Waals surface area (Å²) in [5.74, 6) is 0.0525. The molecule has 102 valence electrons. The maximum atomic E-state index is 12.3. The van der Waals surface area contributed by atoms with Gasteiger partial charge in [-0.25, -0.2) is 0 Å². The summed E-state index contributed by atoms with van der Waals surface area (Å²) in [6.45, 7) is 3.33. The average Bonchev–Trinajstić information content (AvgIpc) is 2.38. The van der Waals surface area contributed by atoms with Crippen LogP contribution >= 0.6 is 12.2 Å². The summed E-state index contributed by atoms with van der Waals surface area (Å²) in [5, 5.41) is 9.41. The Hall–Kier alpha value is -1.62. The number of benzene rings is 1. The van der Waals surface area contributed by atoms with Crippen LogP contribution in [0.25, 0.3) is 0 Å². The molecule has 19 heavy (non-hydrogen) atoms. The van der Waals surface area contributed by atoms with Crippen molar-refractivity contribution in [2.45, 2.75) is 19.8 Å². The number of nitrogens with two attached hydrogens (primary N) is 1. The van der Waals surface area contributed by atoms with Crippen molar-refractivity contribution in [3.63, 3.8) is 0 Å². The number of amides is 1. The van der Waals surface area contributed by atoms with E-state index in [4.69, 9.17) is 18.0 Å². The van der Waals surface area contributed by atoms with E-state index in [1.807, 2.05) is 6.92 Å². The SMILES string of the molecule is CC1(C(N)=S)CCN(C(=O)c2cccc(O)c2)CC1. The van der Waals surface area contributed by atoms with Gasteiger partial charge in [-0.15, -0.1) is 0 Å². The highest BCUT2D eigenvalue weighted by Crippen LogP contribution is 2.31. The Morgan fingerprint density at radius 3 is 2.58 bits per heavy atom. The molecule has 4 nitrogen and oxygen atoms in total. The number of hydrogen-bond donors (Lipinski definition) is 2. The van der Waals surface area contributed by atoms with Crippen molar-refractivity contribution in [3.05, 3.63) is 29.8 Å². The minimum atomic E-state index is -0.148. The van der Waals surface area contributed by atoms with Gasteiger partial charge in [-0.2, -0.15) is 0 Å². The van der Waals surface area contributed by atoms with Gasteiger partial charge in [0.1, 0.15) is 5.75 Å².